The van der Waals surface area contributed by atoms with Crippen molar-refractivity contribution in [3.05, 3.63) is 53.5 Å². The third-order valence-electron chi connectivity index (χ3n) is 4.35. The van der Waals surface area contributed by atoms with Gasteiger partial charge in [0.2, 0.25) is 0 Å². The van der Waals surface area contributed by atoms with Crippen LogP contribution in [0.25, 0.3) is 0 Å². The second kappa shape index (κ2) is 5.94. The highest BCUT2D eigenvalue weighted by atomic mass is 16.5. The molecule has 0 bridgehead atoms. The maximum absolute atomic E-state index is 5.93. The number of nitrogens with one attached hydrogen (secondary N) is 1. The van der Waals surface area contributed by atoms with Gasteiger partial charge in [0.1, 0.15) is 17.3 Å². The molecule has 1 heterocycles. The molecule has 1 aromatic heterocycles. The molecule has 1 aliphatic rings. The Balaban J connectivity index is 1.60. The summed E-state index contributed by atoms with van der Waals surface area (Å²) in [6, 6.07) is 12.5. The van der Waals surface area contributed by atoms with E-state index in [4.69, 9.17) is 9.15 Å². The average Bonchev–Trinajstić information content (AvgIpc) is 3.06. The molecule has 3 rings (SSSR count). The molecule has 0 amide bonds. The Labute approximate surface area is 126 Å². The van der Waals surface area contributed by atoms with E-state index in [9.17, 15) is 0 Å². The second-order valence-electron chi connectivity index (χ2n) is 5.97. The molecule has 3 atom stereocenters. The first-order chi connectivity index (χ1) is 10.2. The fourth-order valence-corrected chi connectivity index (χ4v) is 2.80. The van der Waals surface area contributed by atoms with Gasteiger partial charge in [0.15, 0.2) is 0 Å². The van der Waals surface area contributed by atoms with E-state index in [2.05, 4.69) is 37.4 Å². The van der Waals surface area contributed by atoms with Crippen LogP contribution in [0.2, 0.25) is 0 Å². The summed E-state index contributed by atoms with van der Waals surface area (Å²) in [6.07, 6.45) is 1.26. The second-order valence-corrected chi connectivity index (χ2v) is 5.97. The largest absolute Gasteiger partial charge is 0.496 e. The maximum atomic E-state index is 5.93. The van der Waals surface area contributed by atoms with Gasteiger partial charge in [0.25, 0.3) is 0 Å². The Morgan fingerprint density at radius 1 is 1.29 bits per heavy atom. The van der Waals surface area contributed by atoms with Crippen molar-refractivity contribution < 1.29 is 9.15 Å². The van der Waals surface area contributed by atoms with Gasteiger partial charge in [-0.15, -0.1) is 0 Å². The molecular formula is C18H23NO2. The molecule has 21 heavy (non-hydrogen) atoms. The summed E-state index contributed by atoms with van der Waals surface area (Å²) in [6.45, 7) is 5.15. The zero-order valence-corrected chi connectivity index (χ0v) is 12.9. The zero-order chi connectivity index (χ0) is 14.8. The van der Waals surface area contributed by atoms with Gasteiger partial charge in [-0.25, -0.2) is 0 Å². The van der Waals surface area contributed by atoms with Crippen molar-refractivity contribution in [2.75, 3.05) is 7.11 Å². The van der Waals surface area contributed by atoms with E-state index in [1.54, 1.807) is 7.11 Å². The topological polar surface area (TPSA) is 34.4 Å². The summed E-state index contributed by atoms with van der Waals surface area (Å²) in [7, 11) is 1.71. The van der Waals surface area contributed by atoms with E-state index >= 15 is 0 Å². The number of benzene rings is 1. The summed E-state index contributed by atoms with van der Waals surface area (Å²) < 4.78 is 11.3. The lowest BCUT2D eigenvalue weighted by Crippen LogP contribution is -2.18. The molecule has 3 heteroatoms. The van der Waals surface area contributed by atoms with Crippen molar-refractivity contribution in [3.8, 4) is 5.75 Å². The van der Waals surface area contributed by atoms with Gasteiger partial charge >= 0.3 is 0 Å². The number of furan rings is 1. The molecule has 0 spiro atoms. The Morgan fingerprint density at radius 2 is 2.05 bits per heavy atom. The summed E-state index contributed by atoms with van der Waals surface area (Å²) in [5, 5.41) is 3.50. The molecule has 1 saturated carbocycles. The van der Waals surface area contributed by atoms with Crippen molar-refractivity contribution in [1.82, 2.24) is 5.32 Å². The van der Waals surface area contributed by atoms with Crippen LogP contribution in [0, 0.1) is 5.92 Å². The van der Waals surface area contributed by atoms with Crippen molar-refractivity contribution in [3.63, 3.8) is 0 Å². The van der Waals surface area contributed by atoms with Crippen LogP contribution in [0.4, 0.5) is 0 Å². The fraction of sp³-hybridized carbons (Fsp3) is 0.444. The molecule has 0 saturated heterocycles. The Morgan fingerprint density at radius 3 is 2.76 bits per heavy atom. The van der Waals surface area contributed by atoms with E-state index in [1.807, 2.05) is 18.2 Å². The van der Waals surface area contributed by atoms with E-state index in [1.165, 1.54) is 12.0 Å². The Kier molecular flexibility index (Phi) is 4.02. The van der Waals surface area contributed by atoms with Crippen molar-refractivity contribution >= 4 is 0 Å². The minimum Gasteiger partial charge on any atom is -0.496 e. The number of para-hydroxylation sites is 1. The smallest absolute Gasteiger partial charge is 0.123 e. The van der Waals surface area contributed by atoms with Gasteiger partial charge in [0, 0.05) is 17.5 Å². The Hall–Kier alpha value is -1.74. The van der Waals surface area contributed by atoms with E-state index in [-0.39, 0.29) is 6.04 Å². The van der Waals surface area contributed by atoms with Gasteiger partial charge < -0.3 is 14.5 Å². The highest BCUT2D eigenvalue weighted by Crippen LogP contribution is 2.47. The molecule has 1 aromatic carbocycles. The molecule has 1 fully saturated rings. The number of hydrogen-bond acceptors (Lipinski definition) is 3. The number of methoxy groups -OCH3 is 1. The molecule has 112 valence electrons. The molecule has 1 N–H and O–H groups in total. The van der Waals surface area contributed by atoms with E-state index < -0.39 is 0 Å². The first-order valence-corrected chi connectivity index (χ1v) is 7.64. The lowest BCUT2D eigenvalue weighted by Gasteiger charge is -2.16. The van der Waals surface area contributed by atoms with Crippen LogP contribution >= 0.6 is 0 Å². The zero-order valence-electron chi connectivity index (χ0n) is 12.9. The Bertz CT molecular complexity index is 605. The van der Waals surface area contributed by atoms with Crippen LogP contribution in [0.1, 0.15) is 49.3 Å². The van der Waals surface area contributed by atoms with Crippen LogP contribution in [-0.4, -0.2) is 7.11 Å². The predicted octanol–water partition coefficient (Wildman–Crippen LogP) is 4.26. The van der Waals surface area contributed by atoms with Crippen LogP contribution in [0.5, 0.6) is 5.75 Å². The number of hydrogen-bond donors (Lipinski definition) is 1. The first kappa shape index (κ1) is 14.2. The number of rotatable bonds is 6. The van der Waals surface area contributed by atoms with Crippen molar-refractivity contribution in [1.29, 1.82) is 0 Å². The number of ether oxygens (including phenoxy) is 1. The molecule has 2 aromatic rings. The third kappa shape index (κ3) is 3.13. The lowest BCUT2D eigenvalue weighted by molar-refractivity contribution is 0.395. The van der Waals surface area contributed by atoms with Gasteiger partial charge in [-0.3, -0.25) is 0 Å². The highest BCUT2D eigenvalue weighted by Gasteiger charge is 2.36. The van der Waals surface area contributed by atoms with Crippen molar-refractivity contribution in [2.24, 2.45) is 5.92 Å². The highest BCUT2D eigenvalue weighted by molar-refractivity contribution is 5.35. The van der Waals surface area contributed by atoms with Crippen LogP contribution in [-0.2, 0) is 6.54 Å². The molecule has 2 unspecified atom stereocenters. The van der Waals surface area contributed by atoms with Gasteiger partial charge in [0.05, 0.1) is 13.7 Å². The van der Waals surface area contributed by atoms with Crippen LogP contribution < -0.4 is 10.1 Å². The predicted molar refractivity (Wildman–Crippen MR) is 83.5 cm³/mol. The maximum Gasteiger partial charge on any atom is 0.123 e. The quantitative estimate of drug-likeness (QED) is 0.861. The molecule has 3 nitrogen and oxygen atoms in total. The fourth-order valence-electron chi connectivity index (χ4n) is 2.80. The normalized spacial score (nSPS) is 22.0. The standard InChI is InChI=1S/C18H23NO2/c1-12-10-16(12)18-9-8-14(21-18)11-19-13(2)15-6-4-5-7-17(15)20-3/h4-9,12-13,16,19H,10-11H2,1-3H3/t12?,13-,16?/m1/s1. The molecule has 1 aliphatic carbocycles. The molecule has 0 aliphatic heterocycles. The first-order valence-electron chi connectivity index (χ1n) is 7.64. The van der Waals surface area contributed by atoms with Gasteiger partial charge in [-0.1, -0.05) is 25.1 Å². The van der Waals surface area contributed by atoms with Crippen molar-refractivity contribution in [2.45, 2.75) is 38.8 Å². The third-order valence-corrected chi connectivity index (χ3v) is 4.35. The van der Waals surface area contributed by atoms with Crippen LogP contribution in [0.3, 0.4) is 0 Å². The molecular weight excluding hydrogens is 262 g/mol. The molecule has 0 radical (unpaired) electrons. The van der Waals surface area contributed by atoms with Gasteiger partial charge in [-0.05, 0) is 37.5 Å². The monoisotopic (exact) mass is 285 g/mol. The summed E-state index contributed by atoms with van der Waals surface area (Å²) in [5.41, 5.74) is 1.17. The minimum atomic E-state index is 0.217. The lowest BCUT2D eigenvalue weighted by atomic mass is 10.1. The minimum absolute atomic E-state index is 0.217. The SMILES string of the molecule is COc1ccccc1[C@@H](C)NCc1ccc(C2CC2C)o1. The summed E-state index contributed by atoms with van der Waals surface area (Å²) in [4.78, 5) is 0. The summed E-state index contributed by atoms with van der Waals surface area (Å²) in [5.74, 6) is 4.49. The average molecular weight is 285 g/mol. The van der Waals surface area contributed by atoms with Gasteiger partial charge in [-0.2, -0.15) is 0 Å². The summed E-state index contributed by atoms with van der Waals surface area (Å²) >= 11 is 0. The van der Waals surface area contributed by atoms with E-state index in [0.717, 1.165) is 29.7 Å². The van der Waals surface area contributed by atoms with E-state index in [0.29, 0.717) is 5.92 Å². The van der Waals surface area contributed by atoms with Crippen LogP contribution in [0.15, 0.2) is 40.8 Å².